The van der Waals surface area contributed by atoms with E-state index in [1.165, 1.54) is 50.4 Å². The third-order valence-electron chi connectivity index (χ3n) is 6.90. The van der Waals surface area contributed by atoms with Crippen LogP contribution in [0.5, 0.6) is 0 Å². The molecule has 0 spiro atoms. The minimum atomic E-state index is -1.01. The highest BCUT2D eigenvalue weighted by molar-refractivity contribution is 8.01. The van der Waals surface area contributed by atoms with Crippen LogP contribution in [-0.2, 0) is 9.53 Å². The highest BCUT2D eigenvalue weighted by Gasteiger charge is 2.36. The fraction of sp³-hybridized carbons (Fsp3) is 0.720. The van der Waals surface area contributed by atoms with Gasteiger partial charge in [-0.1, -0.05) is 56.0 Å². The van der Waals surface area contributed by atoms with Crippen LogP contribution >= 0.6 is 23.1 Å². The molecule has 0 radical (unpaired) electrons. The lowest BCUT2D eigenvalue weighted by Gasteiger charge is -2.30. The molecule has 4 atom stereocenters. The van der Waals surface area contributed by atoms with Crippen LogP contribution in [0.1, 0.15) is 88.5 Å². The minimum absolute atomic E-state index is 0.0854. The molecule has 2 N–H and O–H groups in total. The van der Waals surface area contributed by atoms with Gasteiger partial charge in [0.05, 0.1) is 5.60 Å². The molecule has 1 aromatic heterocycles. The highest BCUT2D eigenvalue weighted by Crippen LogP contribution is 2.40. The van der Waals surface area contributed by atoms with Gasteiger partial charge in [0.2, 0.25) is 0 Å². The molecule has 0 saturated heterocycles. The average Bonchev–Trinajstić information content (AvgIpc) is 3.36. The zero-order chi connectivity index (χ0) is 23.8. The summed E-state index contributed by atoms with van der Waals surface area (Å²) in [6, 6.07) is 0. The molecule has 0 amide bonds. The molecule has 2 saturated carbocycles. The van der Waals surface area contributed by atoms with E-state index in [1.807, 2.05) is 6.92 Å². The summed E-state index contributed by atoms with van der Waals surface area (Å²) in [6.45, 7) is 3.41. The van der Waals surface area contributed by atoms with Crippen LogP contribution in [0.3, 0.4) is 0 Å². The zero-order valence-electron chi connectivity index (χ0n) is 19.7. The fourth-order valence-corrected chi connectivity index (χ4v) is 7.27. The quantitative estimate of drug-likeness (QED) is 0.222. The first-order valence-electron chi connectivity index (χ1n) is 12.1. The van der Waals surface area contributed by atoms with Crippen molar-refractivity contribution in [3.05, 3.63) is 23.2 Å². The normalized spacial score (nSPS) is 25.8. The van der Waals surface area contributed by atoms with Crippen LogP contribution in [0, 0.1) is 17.8 Å². The summed E-state index contributed by atoms with van der Waals surface area (Å²) < 4.78 is 6.37. The van der Waals surface area contributed by atoms with Gasteiger partial charge >= 0.3 is 11.9 Å². The molecule has 2 fully saturated rings. The molecular formula is C25H37NO5S2. The Morgan fingerprint density at radius 2 is 2.03 bits per heavy atom. The van der Waals surface area contributed by atoms with Crippen molar-refractivity contribution in [2.24, 2.45) is 17.8 Å². The first-order chi connectivity index (χ1) is 15.7. The number of thioether (sulfide) groups is 1. The molecule has 1 heterocycles. The number of carboxylic acid groups (broad SMARTS) is 1. The first-order valence-corrected chi connectivity index (χ1v) is 14.0. The van der Waals surface area contributed by atoms with Crippen molar-refractivity contribution in [2.75, 3.05) is 5.75 Å². The van der Waals surface area contributed by atoms with Crippen LogP contribution in [0.4, 0.5) is 0 Å². The Morgan fingerprint density at radius 1 is 1.27 bits per heavy atom. The maximum Gasteiger partial charge on any atom is 0.355 e. The van der Waals surface area contributed by atoms with Crippen molar-refractivity contribution < 1.29 is 24.5 Å². The average molecular weight is 496 g/mol. The monoisotopic (exact) mass is 495 g/mol. The first kappa shape index (κ1) is 26.2. The van der Waals surface area contributed by atoms with E-state index in [4.69, 9.17) is 9.84 Å². The van der Waals surface area contributed by atoms with Crippen LogP contribution in [0.15, 0.2) is 21.9 Å². The molecule has 2 aliphatic carbocycles. The predicted octanol–water partition coefficient (Wildman–Crippen LogP) is 5.95. The molecule has 33 heavy (non-hydrogen) atoms. The molecule has 0 aliphatic heterocycles. The van der Waals surface area contributed by atoms with Crippen LogP contribution < -0.4 is 0 Å². The Bertz CT molecular complexity index is 815. The van der Waals surface area contributed by atoms with E-state index in [2.05, 4.69) is 17.1 Å². The van der Waals surface area contributed by atoms with Crippen molar-refractivity contribution in [3.63, 3.8) is 0 Å². The van der Waals surface area contributed by atoms with Crippen molar-refractivity contribution in [1.29, 1.82) is 0 Å². The third kappa shape index (κ3) is 8.41. The molecule has 6 nitrogen and oxygen atoms in total. The number of thiazole rings is 1. The van der Waals surface area contributed by atoms with Crippen molar-refractivity contribution in [1.82, 2.24) is 4.98 Å². The van der Waals surface area contributed by atoms with Gasteiger partial charge in [-0.25, -0.2) is 9.78 Å². The number of aromatic nitrogens is 1. The lowest BCUT2D eigenvalue weighted by Crippen LogP contribution is -2.28. The molecule has 8 heteroatoms. The molecule has 0 aromatic carbocycles. The Kier molecular flexibility index (Phi) is 9.82. The molecular weight excluding hydrogens is 458 g/mol. The summed E-state index contributed by atoms with van der Waals surface area (Å²) in [4.78, 5) is 26.8. The number of nitrogens with zero attached hydrogens (tertiary/aromatic N) is 1. The fourth-order valence-electron chi connectivity index (χ4n) is 5.36. The summed E-state index contributed by atoms with van der Waals surface area (Å²) in [5.41, 5.74) is -0.591. The number of carbonyl (C=O) groups excluding carboxylic acids is 1. The largest absolute Gasteiger partial charge is 0.476 e. The van der Waals surface area contributed by atoms with E-state index < -0.39 is 11.6 Å². The number of aliphatic hydroxyl groups is 1. The number of hydrogen-bond donors (Lipinski definition) is 2. The molecule has 184 valence electrons. The SMILES string of the molecule is CC(=O)O[C@H]1CC[C@@H](/C=C/CC(C)(O)CC2CCCCC2)[C@H]1CCSc1nc(C(=O)O)cs1. The van der Waals surface area contributed by atoms with Crippen LogP contribution in [-0.4, -0.2) is 44.6 Å². The molecule has 3 rings (SSSR count). The number of allylic oxidation sites excluding steroid dienone is 1. The molecule has 0 bridgehead atoms. The van der Waals surface area contributed by atoms with Gasteiger partial charge in [0.15, 0.2) is 10.0 Å². The second-order valence-corrected chi connectivity index (χ2v) is 12.0. The van der Waals surface area contributed by atoms with Crippen molar-refractivity contribution >= 4 is 35.0 Å². The minimum Gasteiger partial charge on any atom is -0.476 e. The summed E-state index contributed by atoms with van der Waals surface area (Å²) >= 11 is 2.90. The van der Waals surface area contributed by atoms with Crippen LogP contribution in [0.25, 0.3) is 0 Å². The smallest absolute Gasteiger partial charge is 0.355 e. The van der Waals surface area contributed by atoms with Gasteiger partial charge < -0.3 is 14.9 Å². The Labute approximate surface area is 205 Å². The van der Waals surface area contributed by atoms with E-state index >= 15 is 0 Å². The number of aromatic carboxylic acids is 1. The molecule has 1 unspecified atom stereocenters. The number of ether oxygens (including phenoxy) is 1. The lowest BCUT2D eigenvalue weighted by molar-refractivity contribution is -0.148. The number of rotatable bonds is 11. The summed E-state index contributed by atoms with van der Waals surface area (Å²) in [6.07, 6.45) is 14.8. The predicted molar refractivity (Wildman–Crippen MR) is 132 cm³/mol. The van der Waals surface area contributed by atoms with Crippen LogP contribution in [0.2, 0.25) is 0 Å². The van der Waals surface area contributed by atoms with Crippen molar-refractivity contribution in [2.45, 2.75) is 94.1 Å². The Balaban J connectivity index is 1.54. The van der Waals surface area contributed by atoms with E-state index in [0.29, 0.717) is 18.3 Å². The molecule has 2 aliphatic rings. The van der Waals surface area contributed by atoms with Crippen molar-refractivity contribution in [3.8, 4) is 0 Å². The second-order valence-electron chi connectivity index (χ2n) is 9.83. The number of esters is 1. The standard InChI is InChI=1S/C25H37NO5S2/c1-17(27)31-22-11-10-19(9-6-13-25(2,30)15-18-7-4-3-5-8-18)20(22)12-14-32-24-26-21(16-33-24)23(28)29/h6,9,16,18-20,22,30H,3-5,7-8,10-15H2,1-2H3,(H,28,29)/b9-6+/t19-,20-,22+,25?/m1/s1. The van der Waals surface area contributed by atoms with Gasteiger partial charge in [-0.3, -0.25) is 4.79 Å². The number of hydrogen-bond acceptors (Lipinski definition) is 7. The van der Waals surface area contributed by atoms with Gasteiger partial charge in [-0.15, -0.1) is 11.3 Å². The Morgan fingerprint density at radius 3 is 2.70 bits per heavy atom. The van der Waals surface area contributed by atoms with E-state index in [0.717, 1.165) is 35.8 Å². The summed E-state index contributed by atoms with van der Waals surface area (Å²) in [5, 5.41) is 21.5. The maximum absolute atomic E-state index is 11.6. The number of carbonyl (C=O) groups is 2. The Hall–Kier alpha value is -1.38. The molecule has 1 aromatic rings. The summed E-state index contributed by atoms with van der Waals surface area (Å²) in [5.74, 6) is 0.709. The van der Waals surface area contributed by atoms with E-state index in [9.17, 15) is 14.7 Å². The van der Waals surface area contributed by atoms with Gasteiger partial charge in [-0.05, 0) is 50.9 Å². The zero-order valence-corrected chi connectivity index (χ0v) is 21.3. The van der Waals surface area contributed by atoms with Gasteiger partial charge in [-0.2, -0.15) is 0 Å². The van der Waals surface area contributed by atoms with E-state index in [1.54, 1.807) is 17.1 Å². The topological polar surface area (TPSA) is 96.7 Å². The highest BCUT2D eigenvalue weighted by atomic mass is 32.2. The third-order valence-corrected chi connectivity index (χ3v) is 8.96. The van der Waals surface area contributed by atoms with E-state index in [-0.39, 0.29) is 23.7 Å². The number of carboxylic acids is 1. The summed E-state index contributed by atoms with van der Waals surface area (Å²) in [7, 11) is 0. The van der Waals surface area contributed by atoms with Gasteiger partial charge in [0.25, 0.3) is 0 Å². The maximum atomic E-state index is 11.6. The lowest BCUT2D eigenvalue weighted by atomic mass is 9.80. The van der Waals surface area contributed by atoms with Gasteiger partial charge in [0.1, 0.15) is 6.10 Å². The second kappa shape index (κ2) is 12.4. The van der Waals surface area contributed by atoms with Gasteiger partial charge in [0, 0.05) is 24.0 Å².